The third-order valence-corrected chi connectivity index (χ3v) is 4.97. The van der Waals surface area contributed by atoms with Gasteiger partial charge in [0.2, 0.25) is 5.91 Å². The quantitative estimate of drug-likeness (QED) is 0.799. The van der Waals surface area contributed by atoms with Crippen LogP contribution in [0.25, 0.3) is 0 Å². The topological polar surface area (TPSA) is 52.6 Å². The Labute approximate surface area is 113 Å². The summed E-state index contributed by atoms with van der Waals surface area (Å²) < 4.78 is 0. The molecule has 1 saturated heterocycles. The molecule has 0 aromatic rings. The molecule has 3 atom stereocenters. The fraction of sp³-hybridized carbons (Fsp3) is 0.923. The Morgan fingerprint density at radius 3 is 2.67 bits per heavy atom. The zero-order valence-corrected chi connectivity index (χ0v) is 11.9. The van der Waals surface area contributed by atoms with Crippen LogP contribution < -0.4 is 5.32 Å². The first-order valence-corrected chi connectivity index (χ1v) is 8.14. The zero-order valence-electron chi connectivity index (χ0n) is 11.1. The summed E-state index contributed by atoms with van der Waals surface area (Å²) in [6.07, 6.45) is 3.56. The van der Waals surface area contributed by atoms with E-state index in [9.17, 15) is 9.90 Å². The molecule has 0 bridgehead atoms. The molecule has 1 amide bonds. The Hall–Kier alpha value is -0.260. The third kappa shape index (κ3) is 3.62. The second kappa shape index (κ2) is 6.78. The van der Waals surface area contributed by atoms with Crippen molar-refractivity contribution in [2.75, 3.05) is 24.6 Å². The van der Waals surface area contributed by atoms with Crippen LogP contribution in [-0.2, 0) is 4.79 Å². The van der Waals surface area contributed by atoms with E-state index < -0.39 is 0 Å². The average Bonchev–Trinajstić information content (AvgIpc) is 2.41. The molecule has 0 spiro atoms. The first-order chi connectivity index (χ1) is 8.68. The van der Waals surface area contributed by atoms with Crippen LogP contribution in [0.4, 0.5) is 0 Å². The highest BCUT2D eigenvalue weighted by Gasteiger charge is 2.28. The van der Waals surface area contributed by atoms with Gasteiger partial charge in [-0.15, -0.1) is 0 Å². The summed E-state index contributed by atoms with van der Waals surface area (Å²) in [5.74, 6) is 2.31. The minimum Gasteiger partial charge on any atom is -0.391 e. The molecule has 0 radical (unpaired) electrons. The van der Waals surface area contributed by atoms with Crippen molar-refractivity contribution in [2.45, 2.75) is 50.8 Å². The fourth-order valence-electron chi connectivity index (χ4n) is 2.71. The molecule has 104 valence electrons. The van der Waals surface area contributed by atoms with E-state index in [1.54, 1.807) is 0 Å². The summed E-state index contributed by atoms with van der Waals surface area (Å²) >= 11 is 1.95. The van der Waals surface area contributed by atoms with Gasteiger partial charge in [-0.3, -0.25) is 9.69 Å². The van der Waals surface area contributed by atoms with Gasteiger partial charge in [-0.1, -0.05) is 12.8 Å². The molecule has 1 aliphatic carbocycles. The van der Waals surface area contributed by atoms with Crippen LogP contribution >= 0.6 is 11.8 Å². The van der Waals surface area contributed by atoms with Crippen LogP contribution in [-0.4, -0.2) is 58.7 Å². The molecule has 1 unspecified atom stereocenters. The lowest BCUT2D eigenvalue weighted by Crippen LogP contribution is -2.53. The highest BCUT2D eigenvalue weighted by Crippen LogP contribution is 2.19. The Balaban J connectivity index is 1.82. The Bertz CT molecular complexity index is 282. The maximum absolute atomic E-state index is 12.2. The summed E-state index contributed by atoms with van der Waals surface area (Å²) in [6, 6.07) is -0.104. The lowest BCUT2D eigenvalue weighted by molar-refractivity contribution is -0.127. The molecule has 1 heterocycles. The lowest BCUT2D eigenvalue weighted by Gasteiger charge is -2.34. The number of aliphatic hydroxyl groups excluding tert-OH is 1. The second-order valence-corrected chi connectivity index (χ2v) is 6.52. The van der Waals surface area contributed by atoms with Gasteiger partial charge >= 0.3 is 0 Å². The van der Waals surface area contributed by atoms with Crippen molar-refractivity contribution in [2.24, 2.45) is 0 Å². The molecule has 2 fully saturated rings. The van der Waals surface area contributed by atoms with Gasteiger partial charge in [0.05, 0.1) is 18.2 Å². The first kappa shape index (κ1) is 14.2. The largest absolute Gasteiger partial charge is 0.391 e. The fourth-order valence-corrected chi connectivity index (χ4v) is 3.64. The van der Waals surface area contributed by atoms with E-state index in [1.807, 2.05) is 18.7 Å². The van der Waals surface area contributed by atoms with Crippen molar-refractivity contribution >= 4 is 17.7 Å². The Kier molecular flexibility index (Phi) is 5.33. The Morgan fingerprint density at radius 2 is 2.00 bits per heavy atom. The van der Waals surface area contributed by atoms with Crippen LogP contribution in [0.2, 0.25) is 0 Å². The molecule has 5 heteroatoms. The van der Waals surface area contributed by atoms with Gasteiger partial charge in [-0.25, -0.2) is 0 Å². The number of rotatable bonds is 3. The number of nitrogens with zero attached hydrogens (tertiary/aromatic N) is 1. The predicted octanol–water partition coefficient (Wildman–Crippen LogP) is 0.843. The normalized spacial score (nSPS) is 31.9. The van der Waals surface area contributed by atoms with Crippen molar-refractivity contribution in [3.05, 3.63) is 0 Å². The van der Waals surface area contributed by atoms with Crippen LogP contribution in [0.15, 0.2) is 0 Å². The van der Waals surface area contributed by atoms with Crippen LogP contribution in [0, 0.1) is 0 Å². The number of nitrogens with one attached hydrogen (secondary N) is 1. The number of hydrogen-bond donors (Lipinski definition) is 2. The van der Waals surface area contributed by atoms with Gasteiger partial charge in [-0.05, 0) is 19.8 Å². The zero-order chi connectivity index (χ0) is 13.0. The SMILES string of the molecule is CC(C(=O)N[C@@H]1CCCC[C@H]1O)N1CCSCC1. The maximum atomic E-state index is 12.2. The molecule has 4 nitrogen and oxygen atoms in total. The standard InChI is InChI=1S/C13H24N2O2S/c1-10(15-6-8-18-9-7-15)13(17)14-11-4-2-3-5-12(11)16/h10-12,16H,2-9H2,1H3,(H,14,17)/t10?,11-,12-/m1/s1. The van der Waals surface area contributed by atoms with Crippen LogP contribution in [0.3, 0.4) is 0 Å². The first-order valence-electron chi connectivity index (χ1n) is 6.98. The average molecular weight is 272 g/mol. The summed E-state index contributed by atoms with van der Waals surface area (Å²) in [7, 11) is 0. The van der Waals surface area contributed by atoms with E-state index in [0.717, 1.165) is 50.3 Å². The van der Waals surface area contributed by atoms with Crippen LogP contribution in [0.5, 0.6) is 0 Å². The van der Waals surface area contributed by atoms with Gasteiger partial charge in [0, 0.05) is 24.6 Å². The second-order valence-electron chi connectivity index (χ2n) is 5.29. The van der Waals surface area contributed by atoms with E-state index in [0.29, 0.717) is 0 Å². The highest BCUT2D eigenvalue weighted by molar-refractivity contribution is 7.99. The molecule has 1 saturated carbocycles. The van der Waals surface area contributed by atoms with Gasteiger partial charge in [0.1, 0.15) is 0 Å². The molecular weight excluding hydrogens is 248 g/mol. The predicted molar refractivity (Wildman–Crippen MR) is 74.8 cm³/mol. The monoisotopic (exact) mass is 272 g/mol. The highest BCUT2D eigenvalue weighted by atomic mass is 32.2. The van der Waals surface area contributed by atoms with E-state index in [-0.39, 0.29) is 24.1 Å². The smallest absolute Gasteiger partial charge is 0.237 e. The van der Waals surface area contributed by atoms with E-state index >= 15 is 0 Å². The molecule has 0 aromatic carbocycles. The Morgan fingerprint density at radius 1 is 1.33 bits per heavy atom. The van der Waals surface area contributed by atoms with E-state index in [2.05, 4.69) is 10.2 Å². The molecule has 1 aliphatic heterocycles. The molecule has 2 aliphatic rings. The van der Waals surface area contributed by atoms with Crippen molar-refractivity contribution in [1.29, 1.82) is 0 Å². The molecule has 0 aromatic heterocycles. The number of thioether (sulfide) groups is 1. The third-order valence-electron chi connectivity index (χ3n) is 4.03. The van der Waals surface area contributed by atoms with Gasteiger partial charge in [0.25, 0.3) is 0 Å². The van der Waals surface area contributed by atoms with Gasteiger partial charge in [0.15, 0.2) is 0 Å². The van der Waals surface area contributed by atoms with Crippen molar-refractivity contribution in [3.8, 4) is 0 Å². The number of amides is 1. The van der Waals surface area contributed by atoms with E-state index in [1.165, 1.54) is 0 Å². The summed E-state index contributed by atoms with van der Waals surface area (Å²) in [5, 5.41) is 12.9. The number of carbonyl (C=O) groups excluding carboxylic acids is 1. The molecule has 2 rings (SSSR count). The maximum Gasteiger partial charge on any atom is 0.237 e. The molecule has 18 heavy (non-hydrogen) atoms. The van der Waals surface area contributed by atoms with Gasteiger partial charge < -0.3 is 10.4 Å². The van der Waals surface area contributed by atoms with E-state index in [4.69, 9.17) is 0 Å². The number of carbonyl (C=O) groups is 1. The summed E-state index contributed by atoms with van der Waals surface area (Å²) in [6.45, 7) is 3.96. The lowest BCUT2D eigenvalue weighted by atomic mass is 9.92. The molecular formula is C13H24N2O2S. The summed E-state index contributed by atoms with van der Waals surface area (Å²) in [5.41, 5.74) is 0. The molecule has 2 N–H and O–H groups in total. The minimum atomic E-state index is -0.355. The van der Waals surface area contributed by atoms with Gasteiger partial charge in [-0.2, -0.15) is 11.8 Å². The minimum absolute atomic E-state index is 0.0344. The number of aliphatic hydroxyl groups is 1. The van der Waals surface area contributed by atoms with Crippen molar-refractivity contribution < 1.29 is 9.90 Å². The van der Waals surface area contributed by atoms with Crippen molar-refractivity contribution in [3.63, 3.8) is 0 Å². The van der Waals surface area contributed by atoms with Crippen molar-refractivity contribution in [1.82, 2.24) is 10.2 Å². The summed E-state index contributed by atoms with van der Waals surface area (Å²) in [4.78, 5) is 14.4. The number of hydrogen-bond acceptors (Lipinski definition) is 4. The van der Waals surface area contributed by atoms with Crippen LogP contribution in [0.1, 0.15) is 32.6 Å².